The summed E-state index contributed by atoms with van der Waals surface area (Å²) >= 11 is 0. The molecule has 2 heterocycles. The van der Waals surface area contributed by atoms with Gasteiger partial charge in [-0.15, -0.1) is 0 Å². The SMILES string of the molecule is COc1ccc(CN(C(=O)COC(=O)C23CCC(=O)N2c2ccccc2C(=O)N3C)C2CC2)cc1. The van der Waals surface area contributed by atoms with Gasteiger partial charge in [0.05, 0.1) is 18.4 Å². The number of para-hydroxylation sites is 1. The van der Waals surface area contributed by atoms with E-state index in [-0.39, 0.29) is 36.6 Å². The fraction of sp³-hybridized carbons (Fsp3) is 0.385. The van der Waals surface area contributed by atoms with Crippen molar-refractivity contribution in [3.8, 4) is 5.75 Å². The smallest absolute Gasteiger partial charge is 0.354 e. The van der Waals surface area contributed by atoms with Gasteiger partial charge in [0.1, 0.15) is 5.75 Å². The molecule has 2 aromatic rings. The van der Waals surface area contributed by atoms with Crippen molar-refractivity contribution >= 4 is 29.4 Å². The predicted molar refractivity (Wildman–Crippen MR) is 126 cm³/mol. The Labute approximate surface area is 203 Å². The molecule has 2 aliphatic heterocycles. The van der Waals surface area contributed by atoms with E-state index in [1.807, 2.05) is 24.3 Å². The molecule has 1 saturated carbocycles. The number of nitrogens with zero attached hydrogens (tertiary/aromatic N) is 3. The standard InChI is InChI=1S/C26H27N3O6/c1-27-24(32)20-5-3-4-6-21(20)29-22(30)13-14-26(27,29)25(33)35-16-23(31)28(18-9-10-18)15-17-7-11-19(34-2)12-8-17/h3-8,11-12,18H,9-10,13-16H2,1-2H3. The first-order valence-corrected chi connectivity index (χ1v) is 11.7. The average molecular weight is 478 g/mol. The lowest BCUT2D eigenvalue weighted by Gasteiger charge is -2.46. The van der Waals surface area contributed by atoms with Crippen LogP contribution in [-0.4, -0.2) is 66.0 Å². The number of hydrogen-bond donors (Lipinski definition) is 0. The molecular formula is C26H27N3O6. The van der Waals surface area contributed by atoms with Crippen molar-refractivity contribution in [1.82, 2.24) is 9.80 Å². The summed E-state index contributed by atoms with van der Waals surface area (Å²) in [5.41, 5.74) is 0.0887. The maximum Gasteiger partial charge on any atom is 0.354 e. The first-order valence-electron chi connectivity index (χ1n) is 11.7. The van der Waals surface area contributed by atoms with Gasteiger partial charge < -0.3 is 19.3 Å². The molecule has 0 N–H and O–H groups in total. The van der Waals surface area contributed by atoms with E-state index >= 15 is 0 Å². The fourth-order valence-electron chi connectivity index (χ4n) is 4.95. The molecule has 3 amide bonds. The Bertz CT molecular complexity index is 1190. The molecule has 9 heteroatoms. The summed E-state index contributed by atoms with van der Waals surface area (Å²) in [4.78, 5) is 56.8. The summed E-state index contributed by atoms with van der Waals surface area (Å²) < 4.78 is 10.7. The van der Waals surface area contributed by atoms with Gasteiger partial charge in [-0.1, -0.05) is 24.3 Å². The van der Waals surface area contributed by atoms with Crippen LogP contribution >= 0.6 is 0 Å². The number of methoxy groups -OCH3 is 1. The number of rotatable bonds is 7. The summed E-state index contributed by atoms with van der Waals surface area (Å²) in [6, 6.07) is 14.3. The van der Waals surface area contributed by atoms with E-state index in [4.69, 9.17) is 9.47 Å². The van der Waals surface area contributed by atoms with Crippen LogP contribution in [0.15, 0.2) is 48.5 Å². The zero-order valence-electron chi connectivity index (χ0n) is 19.7. The summed E-state index contributed by atoms with van der Waals surface area (Å²) in [5.74, 6) is -0.987. The summed E-state index contributed by atoms with van der Waals surface area (Å²) in [5, 5.41) is 0. The minimum absolute atomic E-state index is 0.0979. The molecule has 1 saturated heterocycles. The highest BCUT2D eigenvalue weighted by molar-refractivity contribution is 6.15. The number of anilines is 1. The summed E-state index contributed by atoms with van der Waals surface area (Å²) in [6.45, 7) is -0.0640. The van der Waals surface area contributed by atoms with Gasteiger partial charge in [0.25, 0.3) is 11.8 Å². The van der Waals surface area contributed by atoms with E-state index in [9.17, 15) is 19.2 Å². The van der Waals surface area contributed by atoms with Crippen molar-refractivity contribution in [3.63, 3.8) is 0 Å². The van der Waals surface area contributed by atoms with Gasteiger partial charge in [-0.25, -0.2) is 4.79 Å². The Morgan fingerprint density at radius 2 is 1.80 bits per heavy atom. The second-order valence-corrected chi connectivity index (χ2v) is 9.10. The third kappa shape index (κ3) is 3.80. The Morgan fingerprint density at radius 3 is 2.49 bits per heavy atom. The molecule has 0 radical (unpaired) electrons. The molecule has 182 valence electrons. The molecule has 2 aromatic carbocycles. The van der Waals surface area contributed by atoms with Crippen molar-refractivity contribution in [2.75, 3.05) is 25.7 Å². The van der Waals surface area contributed by atoms with E-state index in [1.165, 1.54) is 16.8 Å². The topological polar surface area (TPSA) is 96.5 Å². The zero-order valence-corrected chi connectivity index (χ0v) is 19.7. The Morgan fingerprint density at radius 1 is 1.09 bits per heavy atom. The molecule has 0 spiro atoms. The monoisotopic (exact) mass is 477 g/mol. The molecule has 1 atom stereocenters. The maximum atomic E-state index is 13.5. The summed E-state index contributed by atoms with van der Waals surface area (Å²) in [6.07, 6.45) is 2.00. The number of benzene rings is 2. The van der Waals surface area contributed by atoms with Gasteiger partial charge in [0.15, 0.2) is 6.61 Å². The van der Waals surface area contributed by atoms with Crippen LogP contribution in [-0.2, 0) is 25.7 Å². The number of amides is 3. The zero-order chi connectivity index (χ0) is 24.7. The quantitative estimate of drug-likeness (QED) is 0.568. The minimum Gasteiger partial charge on any atom is -0.497 e. The number of likely N-dealkylation sites (N-methyl/N-ethyl adjacent to an activating group) is 1. The van der Waals surface area contributed by atoms with Gasteiger partial charge in [0.2, 0.25) is 11.6 Å². The predicted octanol–water partition coefficient (Wildman–Crippen LogP) is 2.34. The van der Waals surface area contributed by atoms with Crippen LogP contribution in [0.4, 0.5) is 5.69 Å². The third-order valence-electron chi connectivity index (χ3n) is 7.02. The van der Waals surface area contributed by atoms with Crippen LogP contribution in [0.1, 0.15) is 41.6 Å². The van der Waals surface area contributed by atoms with Crippen LogP contribution in [0, 0.1) is 0 Å². The van der Waals surface area contributed by atoms with Gasteiger partial charge >= 0.3 is 5.97 Å². The number of ether oxygens (including phenoxy) is 2. The minimum atomic E-state index is -1.59. The first-order chi connectivity index (χ1) is 16.9. The van der Waals surface area contributed by atoms with Crippen LogP contribution in [0.5, 0.6) is 5.75 Å². The van der Waals surface area contributed by atoms with Crippen LogP contribution in [0.2, 0.25) is 0 Å². The van der Waals surface area contributed by atoms with E-state index in [0.29, 0.717) is 17.8 Å². The van der Waals surface area contributed by atoms with Crippen molar-refractivity contribution in [3.05, 3.63) is 59.7 Å². The van der Waals surface area contributed by atoms with Gasteiger partial charge in [-0.05, 0) is 42.7 Å². The second kappa shape index (κ2) is 8.72. The molecule has 1 unspecified atom stereocenters. The highest BCUT2D eigenvalue weighted by Crippen LogP contribution is 2.44. The molecule has 3 aliphatic rings. The average Bonchev–Trinajstić information content (AvgIpc) is 3.66. The lowest BCUT2D eigenvalue weighted by atomic mass is 9.97. The Balaban J connectivity index is 1.33. The molecule has 35 heavy (non-hydrogen) atoms. The molecular weight excluding hydrogens is 450 g/mol. The van der Waals surface area contributed by atoms with Crippen molar-refractivity contribution in [2.24, 2.45) is 0 Å². The molecule has 1 aliphatic carbocycles. The third-order valence-corrected chi connectivity index (χ3v) is 7.02. The molecule has 0 aromatic heterocycles. The van der Waals surface area contributed by atoms with Crippen molar-refractivity contribution in [1.29, 1.82) is 0 Å². The number of fused-ring (bicyclic) bond motifs is 3. The molecule has 0 bridgehead atoms. The highest BCUT2D eigenvalue weighted by atomic mass is 16.5. The Kier molecular flexibility index (Phi) is 5.70. The van der Waals surface area contributed by atoms with E-state index in [0.717, 1.165) is 24.2 Å². The van der Waals surface area contributed by atoms with Gasteiger partial charge in [0, 0.05) is 32.5 Å². The second-order valence-electron chi connectivity index (χ2n) is 9.10. The first kappa shape index (κ1) is 22.9. The normalized spacial score (nSPS) is 20.9. The molecule has 2 fully saturated rings. The number of carbonyl (C=O) groups excluding carboxylic acids is 4. The lowest BCUT2D eigenvalue weighted by molar-refractivity contribution is -0.161. The van der Waals surface area contributed by atoms with Crippen LogP contribution in [0.3, 0.4) is 0 Å². The number of esters is 1. The van der Waals surface area contributed by atoms with Crippen LogP contribution < -0.4 is 9.64 Å². The molecule has 9 nitrogen and oxygen atoms in total. The summed E-state index contributed by atoms with van der Waals surface area (Å²) in [7, 11) is 3.09. The maximum absolute atomic E-state index is 13.5. The largest absolute Gasteiger partial charge is 0.497 e. The van der Waals surface area contributed by atoms with Gasteiger partial charge in [-0.3, -0.25) is 19.3 Å². The lowest BCUT2D eigenvalue weighted by Crippen LogP contribution is -2.67. The van der Waals surface area contributed by atoms with Crippen LogP contribution in [0.25, 0.3) is 0 Å². The Hall–Kier alpha value is -3.88. The van der Waals surface area contributed by atoms with Gasteiger partial charge in [-0.2, -0.15) is 0 Å². The van der Waals surface area contributed by atoms with E-state index in [2.05, 4.69) is 0 Å². The fourth-order valence-corrected chi connectivity index (χ4v) is 4.95. The van der Waals surface area contributed by atoms with Crippen molar-refractivity contribution < 1.29 is 28.7 Å². The van der Waals surface area contributed by atoms with Crippen molar-refractivity contribution in [2.45, 2.75) is 43.9 Å². The van der Waals surface area contributed by atoms with E-state index < -0.39 is 18.2 Å². The number of carbonyl (C=O) groups is 4. The molecule has 5 rings (SSSR count). The highest BCUT2D eigenvalue weighted by Gasteiger charge is 2.61. The van der Waals surface area contributed by atoms with E-state index in [1.54, 1.807) is 36.3 Å². The number of hydrogen-bond acceptors (Lipinski definition) is 6.